The molecule has 3 amide bonds. The van der Waals surface area contributed by atoms with E-state index in [1.807, 2.05) is 11.8 Å². The fourth-order valence-corrected chi connectivity index (χ4v) is 9.56. The lowest BCUT2D eigenvalue weighted by Crippen LogP contribution is -2.53. The van der Waals surface area contributed by atoms with Gasteiger partial charge in [0.1, 0.15) is 10.1 Å². The van der Waals surface area contributed by atoms with Crippen molar-refractivity contribution in [1.29, 1.82) is 0 Å². The average molecular weight is 948 g/mol. The zero-order chi connectivity index (χ0) is 48.4. The molecule has 1 heterocycles. The minimum absolute atomic E-state index is 0.176. The Bertz CT molecular complexity index is 1390. The highest BCUT2D eigenvalue weighted by molar-refractivity contribution is 7.85. The Morgan fingerprint density at radius 2 is 0.894 bits per heavy atom. The van der Waals surface area contributed by atoms with E-state index in [0.29, 0.717) is 32.4 Å². The van der Waals surface area contributed by atoms with Gasteiger partial charge in [-0.25, -0.2) is 8.42 Å². The molecule has 1 saturated heterocycles. The van der Waals surface area contributed by atoms with Gasteiger partial charge in [-0.05, 0) is 38.3 Å². The van der Waals surface area contributed by atoms with Crippen LogP contribution in [0.1, 0.15) is 251 Å². The number of amides is 3. The van der Waals surface area contributed by atoms with Crippen LogP contribution in [0.4, 0.5) is 0 Å². The Balaban J connectivity index is 0.00000172. The number of carbonyl (C=O) groups excluding carboxylic acids is 3. The summed E-state index contributed by atoms with van der Waals surface area (Å²) in [5.74, 6) is 0.615. The van der Waals surface area contributed by atoms with Crippen LogP contribution in [0, 0.1) is 6.92 Å². The standard InChI is InChI=1S/C48H94N4O3.C7H8O3S/c1-4-6-8-10-12-14-16-18-20-22-24-26-28-30-32-37-46(53)49-40-35-43-52(3,45-51-42-34-39-48(51)55)44-36-41-50-47(54)38-33-31-29-27-25-23-21-19-17-15-13-11-9-7-5-2;1-6-2-4-7(5-3-6)11(8,9)10/h4-45H2,1-3H3,(H-,49,50,53,54);2-5H,1H3,(H,8,9,10). The Morgan fingerprint density at radius 3 is 1.20 bits per heavy atom. The highest BCUT2D eigenvalue weighted by atomic mass is 32.2. The number of hydrogen-bond donors (Lipinski definition) is 2. The van der Waals surface area contributed by atoms with Crippen LogP contribution in [-0.4, -0.2) is 86.5 Å². The summed E-state index contributed by atoms with van der Waals surface area (Å²) >= 11 is 0. The van der Waals surface area contributed by atoms with Gasteiger partial charge in [-0.15, -0.1) is 0 Å². The van der Waals surface area contributed by atoms with Gasteiger partial charge >= 0.3 is 0 Å². The zero-order valence-electron chi connectivity index (χ0n) is 43.3. The van der Waals surface area contributed by atoms with E-state index in [1.54, 1.807) is 12.1 Å². The number of carbonyl (C=O) groups is 3. The average Bonchev–Trinajstić information content (AvgIpc) is 3.69. The predicted molar refractivity (Wildman–Crippen MR) is 275 cm³/mol. The van der Waals surface area contributed by atoms with Crippen LogP contribution >= 0.6 is 0 Å². The van der Waals surface area contributed by atoms with Crippen molar-refractivity contribution in [3.05, 3.63) is 29.8 Å². The van der Waals surface area contributed by atoms with Gasteiger partial charge in [0.2, 0.25) is 17.7 Å². The van der Waals surface area contributed by atoms with Gasteiger partial charge in [0, 0.05) is 51.7 Å². The number of likely N-dealkylation sites (tertiary alicyclic amines) is 1. The molecule has 10 nitrogen and oxygen atoms in total. The molecular weight excluding hydrogens is 845 g/mol. The molecule has 66 heavy (non-hydrogen) atoms. The molecule has 11 heteroatoms. The highest BCUT2D eigenvalue weighted by Gasteiger charge is 2.30. The van der Waals surface area contributed by atoms with E-state index in [4.69, 9.17) is 0 Å². The van der Waals surface area contributed by atoms with Gasteiger partial charge in [0.15, 0.2) is 6.67 Å². The summed E-state index contributed by atoms with van der Waals surface area (Å²) < 4.78 is 31.9. The van der Waals surface area contributed by atoms with Crippen LogP contribution in [0.2, 0.25) is 0 Å². The van der Waals surface area contributed by atoms with Crippen LogP contribution in [0.15, 0.2) is 29.2 Å². The van der Waals surface area contributed by atoms with E-state index < -0.39 is 10.1 Å². The second-order valence-electron chi connectivity index (χ2n) is 20.0. The summed E-state index contributed by atoms with van der Waals surface area (Å²) in [6.45, 7) is 11.2. The smallest absolute Gasteiger partial charge is 0.226 e. The number of unbranched alkanes of at least 4 members (excludes halogenated alkanes) is 28. The van der Waals surface area contributed by atoms with Crippen molar-refractivity contribution in [2.75, 3.05) is 46.4 Å². The molecular formula is C55H102N4O6S. The molecule has 2 rings (SSSR count). The molecule has 0 atom stereocenters. The Kier molecular flexibility index (Phi) is 38.7. The monoisotopic (exact) mass is 947 g/mol. The molecule has 0 aliphatic carbocycles. The van der Waals surface area contributed by atoms with E-state index >= 15 is 0 Å². The number of hydrogen-bond acceptors (Lipinski definition) is 6. The van der Waals surface area contributed by atoms with Crippen molar-refractivity contribution in [2.45, 2.75) is 257 Å². The van der Waals surface area contributed by atoms with Gasteiger partial charge < -0.3 is 19.7 Å². The van der Waals surface area contributed by atoms with Crippen LogP contribution in [0.5, 0.6) is 0 Å². The number of aryl methyl sites for hydroxylation is 1. The van der Waals surface area contributed by atoms with E-state index in [-0.39, 0.29) is 22.6 Å². The maximum Gasteiger partial charge on any atom is 0.226 e. The third-order valence-electron chi connectivity index (χ3n) is 13.4. The lowest BCUT2D eigenvalue weighted by Gasteiger charge is -2.38. The second kappa shape index (κ2) is 41.5. The van der Waals surface area contributed by atoms with E-state index in [9.17, 15) is 27.4 Å². The van der Waals surface area contributed by atoms with E-state index in [1.165, 1.54) is 179 Å². The minimum Gasteiger partial charge on any atom is -0.744 e. The number of quaternary nitrogens is 1. The summed E-state index contributed by atoms with van der Waals surface area (Å²) in [6.07, 6.45) is 44.7. The largest absolute Gasteiger partial charge is 0.744 e. The summed E-state index contributed by atoms with van der Waals surface area (Å²) in [6, 6.07) is 5.78. The molecule has 0 bridgehead atoms. The van der Waals surface area contributed by atoms with Crippen molar-refractivity contribution < 1.29 is 31.8 Å². The number of rotatable bonds is 43. The fourth-order valence-electron chi connectivity index (χ4n) is 9.09. The molecule has 1 aromatic carbocycles. The summed E-state index contributed by atoms with van der Waals surface area (Å²) in [5.41, 5.74) is 0.928. The van der Waals surface area contributed by atoms with Crippen molar-refractivity contribution in [2.24, 2.45) is 0 Å². The number of nitrogens with one attached hydrogen (secondary N) is 2. The summed E-state index contributed by atoms with van der Waals surface area (Å²) in [5, 5.41) is 6.31. The first-order valence-electron chi connectivity index (χ1n) is 27.6. The third kappa shape index (κ3) is 36.5. The van der Waals surface area contributed by atoms with Gasteiger partial charge in [-0.2, -0.15) is 0 Å². The molecule has 1 aromatic rings. The molecule has 1 aliphatic rings. The van der Waals surface area contributed by atoms with Crippen molar-refractivity contribution in [1.82, 2.24) is 15.5 Å². The summed E-state index contributed by atoms with van der Waals surface area (Å²) in [4.78, 5) is 39.3. The lowest BCUT2D eigenvalue weighted by molar-refractivity contribution is -0.917. The van der Waals surface area contributed by atoms with Crippen LogP contribution in [-0.2, 0) is 24.5 Å². The Morgan fingerprint density at radius 1 is 0.561 bits per heavy atom. The van der Waals surface area contributed by atoms with E-state index in [2.05, 4.69) is 31.5 Å². The number of nitrogens with zero attached hydrogens (tertiary/aromatic N) is 2. The minimum atomic E-state index is -4.27. The molecule has 2 N–H and O–H groups in total. The van der Waals surface area contributed by atoms with Crippen molar-refractivity contribution >= 4 is 27.8 Å². The van der Waals surface area contributed by atoms with Gasteiger partial charge in [0.05, 0.1) is 25.0 Å². The molecule has 384 valence electrons. The zero-order valence-corrected chi connectivity index (χ0v) is 44.1. The highest BCUT2D eigenvalue weighted by Crippen LogP contribution is 2.18. The quantitative estimate of drug-likeness (QED) is 0.0380. The van der Waals surface area contributed by atoms with E-state index in [0.717, 1.165) is 81.3 Å². The van der Waals surface area contributed by atoms with Crippen molar-refractivity contribution in [3.63, 3.8) is 0 Å². The van der Waals surface area contributed by atoms with Crippen LogP contribution in [0.3, 0.4) is 0 Å². The topological polar surface area (TPSA) is 136 Å². The number of benzene rings is 1. The lowest BCUT2D eigenvalue weighted by atomic mass is 10.0. The molecule has 1 aliphatic heterocycles. The maximum absolute atomic E-state index is 12.5. The van der Waals surface area contributed by atoms with Crippen molar-refractivity contribution in [3.8, 4) is 0 Å². The first-order valence-corrected chi connectivity index (χ1v) is 29.0. The maximum atomic E-state index is 12.5. The second-order valence-corrected chi connectivity index (χ2v) is 21.4. The molecule has 0 aromatic heterocycles. The first kappa shape index (κ1) is 61.5. The molecule has 0 unspecified atom stereocenters. The Hall–Kier alpha value is -2.50. The van der Waals surface area contributed by atoms with Crippen LogP contribution in [0.25, 0.3) is 0 Å². The predicted octanol–water partition coefficient (Wildman–Crippen LogP) is 13.4. The van der Waals surface area contributed by atoms with Gasteiger partial charge in [-0.3, -0.25) is 19.3 Å². The summed E-state index contributed by atoms with van der Waals surface area (Å²) in [7, 11) is -2.03. The van der Waals surface area contributed by atoms with Gasteiger partial charge in [0.25, 0.3) is 0 Å². The normalized spacial score (nSPS) is 12.9. The molecule has 0 radical (unpaired) electrons. The molecule has 0 spiro atoms. The molecule has 0 saturated carbocycles. The van der Waals surface area contributed by atoms with Gasteiger partial charge in [-0.1, -0.05) is 211 Å². The first-order chi connectivity index (χ1) is 31.9. The Labute approximate surface area is 406 Å². The fraction of sp³-hybridized carbons (Fsp3) is 0.836. The molecule has 1 fully saturated rings. The third-order valence-corrected chi connectivity index (χ3v) is 14.3. The SMILES string of the molecule is CCCCCCCCCCCCCCCCCC(=O)NCCC[N+](C)(CCCNC(=O)CCCCCCCCCCCCCCCCC)CN1CCCC1=O.Cc1ccc(S(=O)(=O)[O-])cc1. The van der Waals surface area contributed by atoms with Crippen LogP contribution < -0.4 is 10.6 Å².